The lowest BCUT2D eigenvalue weighted by molar-refractivity contribution is -0.138. The summed E-state index contributed by atoms with van der Waals surface area (Å²) in [5.41, 5.74) is 0.831. The van der Waals surface area contributed by atoms with Gasteiger partial charge in [-0.1, -0.05) is 30.3 Å². The van der Waals surface area contributed by atoms with Crippen molar-refractivity contribution >= 4 is 29.2 Å². The van der Waals surface area contributed by atoms with E-state index in [9.17, 15) is 14.4 Å². The number of rotatable bonds is 4. The van der Waals surface area contributed by atoms with Crippen molar-refractivity contribution in [2.75, 3.05) is 0 Å². The maximum Gasteiger partial charge on any atom is 0.326 e. The number of hydrogen-bond donors (Lipinski definition) is 2. The molecule has 140 valence electrons. The lowest BCUT2D eigenvalue weighted by Crippen LogP contribution is -2.50. The number of amides is 4. The Labute approximate surface area is 161 Å². The minimum absolute atomic E-state index is 0.325. The van der Waals surface area contributed by atoms with E-state index in [0.29, 0.717) is 13.0 Å². The van der Waals surface area contributed by atoms with Gasteiger partial charge in [-0.2, -0.15) is 0 Å². The molecule has 2 N–H and O–H groups in total. The molecule has 1 aliphatic heterocycles. The third-order valence-electron chi connectivity index (χ3n) is 5.36. The first-order valence-electron chi connectivity index (χ1n) is 9.07. The highest BCUT2D eigenvalue weighted by Gasteiger charge is 2.56. The van der Waals surface area contributed by atoms with Gasteiger partial charge in [-0.25, -0.2) is 9.69 Å². The molecule has 0 bridgehead atoms. The van der Waals surface area contributed by atoms with Crippen molar-refractivity contribution < 1.29 is 14.4 Å². The standard InChI is InChI=1S/C20H21N3O3S/c1-13(17(24)21-12-14-6-3-2-4-7-14)23-18(25)20(22-19(23)26)10-5-8-16-15(20)9-11-27-16/h2-4,6-7,9,11,13H,5,8,10,12H2,1H3,(H,21,24)(H,22,26)/t13-,20+/m0/s1. The summed E-state index contributed by atoms with van der Waals surface area (Å²) >= 11 is 1.61. The Balaban J connectivity index is 1.52. The van der Waals surface area contributed by atoms with Gasteiger partial charge in [-0.15, -0.1) is 11.3 Å². The Bertz CT molecular complexity index is 895. The van der Waals surface area contributed by atoms with Crippen LogP contribution in [0.2, 0.25) is 0 Å². The van der Waals surface area contributed by atoms with Crippen LogP contribution < -0.4 is 10.6 Å². The number of fused-ring (bicyclic) bond motifs is 2. The van der Waals surface area contributed by atoms with Crippen molar-refractivity contribution in [3.8, 4) is 0 Å². The highest BCUT2D eigenvalue weighted by atomic mass is 32.1. The zero-order valence-corrected chi connectivity index (χ0v) is 15.8. The Morgan fingerprint density at radius 3 is 2.85 bits per heavy atom. The van der Waals surface area contributed by atoms with Gasteiger partial charge in [0.25, 0.3) is 5.91 Å². The normalized spacial score (nSPS) is 22.5. The molecule has 27 heavy (non-hydrogen) atoms. The zero-order chi connectivity index (χ0) is 19.0. The summed E-state index contributed by atoms with van der Waals surface area (Å²) in [6.07, 6.45) is 2.32. The van der Waals surface area contributed by atoms with Crippen LogP contribution in [0, 0.1) is 0 Å². The topological polar surface area (TPSA) is 78.5 Å². The Morgan fingerprint density at radius 1 is 1.30 bits per heavy atom. The predicted molar refractivity (Wildman–Crippen MR) is 102 cm³/mol. The SMILES string of the molecule is C[C@@H](C(=O)NCc1ccccc1)N1C(=O)N[C@@]2(CCCc3sccc32)C1=O. The van der Waals surface area contributed by atoms with Crippen LogP contribution in [0.5, 0.6) is 0 Å². The number of thiophene rings is 1. The molecule has 2 atom stereocenters. The minimum atomic E-state index is -1.02. The second-order valence-corrected chi connectivity index (χ2v) is 8.00. The second kappa shape index (κ2) is 6.81. The minimum Gasteiger partial charge on any atom is -0.350 e. The zero-order valence-electron chi connectivity index (χ0n) is 15.0. The maximum atomic E-state index is 13.2. The van der Waals surface area contributed by atoms with Crippen LogP contribution in [0.15, 0.2) is 41.8 Å². The molecule has 1 aromatic carbocycles. The molecule has 2 aromatic rings. The monoisotopic (exact) mass is 383 g/mol. The molecular weight excluding hydrogens is 362 g/mol. The van der Waals surface area contributed by atoms with E-state index in [2.05, 4.69) is 10.6 Å². The molecule has 2 heterocycles. The third kappa shape index (κ3) is 2.92. The summed E-state index contributed by atoms with van der Waals surface area (Å²) in [5.74, 6) is -0.671. The quantitative estimate of drug-likeness (QED) is 0.797. The van der Waals surface area contributed by atoms with Gasteiger partial charge in [0.1, 0.15) is 11.6 Å². The number of hydrogen-bond acceptors (Lipinski definition) is 4. The highest BCUT2D eigenvalue weighted by molar-refractivity contribution is 7.10. The molecule has 0 radical (unpaired) electrons. The average molecular weight is 383 g/mol. The van der Waals surface area contributed by atoms with Gasteiger partial charge in [-0.05, 0) is 43.2 Å². The number of carbonyl (C=O) groups is 3. The van der Waals surface area contributed by atoms with Crippen molar-refractivity contribution in [3.05, 3.63) is 57.8 Å². The number of benzene rings is 1. The van der Waals surface area contributed by atoms with Crippen molar-refractivity contribution in [1.29, 1.82) is 0 Å². The lowest BCUT2D eigenvalue weighted by atomic mass is 9.80. The van der Waals surface area contributed by atoms with Crippen molar-refractivity contribution in [2.24, 2.45) is 0 Å². The number of carbonyl (C=O) groups excluding carboxylic acids is 3. The predicted octanol–water partition coefficient (Wildman–Crippen LogP) is 2.54. The second-order valence-electron chi connectivity index (χ2n) is 7.00. The molecule has 7 heteroatoms. The first-order valence-corrected chi connectivity index (χ1v) is 9.95. The number of nitrogens with one attached hydrogen (secondary N) is 2. The van der Waals surface area contributed by atoms with E-state index in [-0.39, 0.29) is 11.8 Å². The smallest absolute Gasteiger partial charge is 0.326 e. The summed E-state index contributed by atoms with van der Waals surface area (Å²) in [4.78, 5) is 40.7. The Morgan fingerprint density at radius 2 is 2.07 bits per heavy atom. The van der Waals surface area contributed by atoms with Crippen molar-refractivity contribution in [1.82, 2.24) is 15.5 Å². The van der Waals surface area contributed by atoms with E-state index in [0.717, 1.165) is 33.7 Å². The molecule has 0 saturated carbocycles. The fraction of sp³-hybridized carbons (Fsp3) is 0.350. The molecule has 4 amide bonds. The summed E-state index contributed by atoms with van der Waals surface area (Å²) in [6, 6.07) is 10.1. The molecule has 6 nitrogen and oxygen atoms in total. The number of aryl methyl sites for hydroxylation is 1. The van der Waals surface area contributed by atoms with Crippen molar-refractivity contribution in [3.63, 3.8) is 0 Å². The Hall–Kier alpha value is -2.67. The van der Waals surface area contributed by atoms with Crippen LogP contribution >= 0.6 is 11.3 Å². The van der Waals surface area contributed by atoms with Gasteiger partial charge in [0, 0.05) is 17.0 Å². The average Bonchev–Trinajstić information content (AvgIpc) is 3.25. The lowest BCUT2D eigenvalue weighted by Gasteiger charge is -2.31. The molecule has 1 fully saturated rings. The molecular formula is C20H21N3O3S. The van der Waals surface area contributed by atoms with Crippen LogP contribution in [0.25, 0.3) is 0 Å². The fourth-order valence-corrected chi connectivity index (χ4v) is 4.91. The van der Waals surface area contributed by atoms with E-state index in [4.69, 9.17) is 0 Å². The van der Waals surface area contributed by atoms with Gasteiger partial charge in [0.15, 0.2) is 0 Å². The van der Waals surface area contributed by atoms with Gasteiger partial charge >= 0.3 is 6.03 Å². The Kier molecular flexibility index (Phi) is 4.47. The summed E-state index contributed by atoms with van der Waals surface area (Å²) in [5, 5.41) is 7.65. The summed E-state index contributed by atoms with van der Waals surface area (Å²) in [6.45, 7) is 1.95. The van der Waals surface area contributed by atoms with Gasteiger partial charge in [-0.3, -0.25) is 9.59 Å². The van der Waals surface area contributed by atoms with Gasteiger partial charge in [0.05, 0.1) is 0 Å². The van der Waals surface area contributed by atoms with Crippen LogP contribution in [0.3, 0.4) is 0 Å². The van der Waals surface area contributed by atoms with Gasteiger partial charge < -0.3 is 10.6 Å². The largest absolute Gasteiger partial charge is 0.350 e. The fourth-order valence-electron chi connectivity index (χ4n) is 3.91. The summed E-state index contributed by atoms with van der Waals surface area (Å²) in [7, 11) is 0. The van der Waals surface area contributed by atoms with Crippen LogP contribution in [0.1, 0.15) is 35.8 Å². The molecule has 0 unspecified atom stereocenters. The summed E-state index contributed by atoms with van der Waals surface area (Å²) < 4.78 is 0. The van der Waals surface area contributed by atoms with E-state index in [1.165, 1.54) is 0 Å². The molecule has 4 rings (SSSR count). The van der Waals surface area contributed by atoms with Crippen LogP contribution in [0.4, 0.5) is 4.79 Å². The number of nitrogens with zero attached hydrogens (tertiary/aromatic N) is 1. The molecule has 1 aliphatic carbocycles. The van der Waals surface area contributed by atoms with E-state index in [1.807, 2.05) is 41.8 Å². The number of imide groups is 1. The third-order valence-corrected chi connectivity index (χ3v) is 6.34. The highest BCUT2D eigenvalue weighted by Crippen LogP contribution is 2.42. The van der Waals surface area contributed by atoms with Crippen LogP contribution in [-0.4, -0.2) is 28.8 Å². The van der Waals surface area contributed by atoms with Gasteiger partial charge in [0.2, 0.25) is 5.91 Å². The molecule has 1 saturated heterocycles. The van der Waals surface area contributed by atoms with E-state index >= 15 is 0 Å². The molecule has 1 aromatic heterocycles. The van der Waals surface area contributed by atoms with E-state index < -0.39 is 17.6 Å². The van der Waals surface area contributed by atoms with E-state index in [1.54, 1.807) is 18.3 Å². The first kappa shape index (κ1) is 17.7. The molecule has 1 spiro atoms. The van der Waals surface area contributed by atoms with Crippen molar-refractivity contribution in [2.45, 2.75) is 44.3 Å². The molecule has 2 aliphatic rings. The van der Waals surface area contributed by atoms with Crippen LogP contribution in [-0.2, 0) is 28.1 Å². The first-order chi connectivity index (χ1) is 13.0. The maximum absolute atomic E-state index is 13.2. The number of urea groups is 1.